The van der Waals surface area contributed by atoms with Gasteiger partial charge in [0.15, 0.2) is 0 Å². The van der Waals surface area contributed by atoms with Crippen LogP contribution in [0.25, 0.3) is 0 Å². The molecule has 0 saturated heterocycles. The van der Waals surface area contributed by atoms with Crippen LogP contribution in [0.1, 0.15) is 33.1 Å². The molecular formula is C12H22N2O2S. The van der Waals surface area contributed by atoms with Crippen LogP contribution in [0.3, 0.4) is 0 Å². The number of esters is 1. The molecule has 0 radical (unpaired) electrons. The summed E-state index contributed by atoms with van der Waals surface area (Å²) < 4.78 is 4.54. The van der Waals surface area contributed by atoms with Gasteiger partial charge in [-0.15, -0.1) is 0 Å². The summed E-state index contributed by atoms with van der Waals surface area (Å²) in [5.74, 6) is 1.20. The van der Waals surface area contributed by atoms with E-state index in [0.717, 1.165) is 25.0 Å². The van der Waals surface area contributed by atoms with Gasteiger partial charge in [-0.3, -0.25) is 4.79 Å². The Kier molecular flexibility index (Phi) is 8.01. The summed E-state index contributed by atoms with van der Waals surface area (Å²) in [6, 6.07) is 1.76. The topological polar surface area (TPSA) is 76.1 Å². The van der Waals surface area contributed by atoms with Gasteiger partial charge in [-0.2, -0.15) is 17.0 Å². The van der Waals surface area contributed by atoms with Crippen LogP contribution in [0, 0.1) is 16.7 Å². The molecule has 0 spiro atoms. The number of carbonyl (C=O) groups excluding carboxylic acids is 1. The normalized spacial score (nSPS) is 12.9. The summed E-state index contributed by atoms with van der Waals surface area (Å²) in [5, 5.41) is 8.83. The van der Waals surface area contributed by atoms with E-state index in [1.807, 2.05) is 13.8 Å². The first-order valence-electron chi connectivity index (χ1n) is 5.75. The second-order valence-electron chi connectivity index (χ2n) is 4.66. The van der Waals surface area contributed by atoms with Crippen molar-refractivity contribution in [3.63, 3.8) is 0 Å². The molecule has 0 saturated carbocycles. The number of carbonyl (C=O) groups is 1. The number of ether oxygens (including phenoxy) is 1. The maximum Gasteiger partial charge on any atom is 0.323 e. The number of rotatable bonds is 8. The Balaban J connectivity index is 3.48. The largest absolute Gasteiger partial charge is 0.468 e. The van der Waals surface area contributed by atoms with Gasteiger partial charge in [0.1, 0.15) is 6.04 Å². The Hall–Kier alpha value is -0.730. The Labute approximate surface area is 108 Å². The molecular weight excluding hydrogens is 236 g/mol. The lowest BCUT2D eigenvalue weighted by molar-refractivity contribution is -0.141. The van der Waals surface area contributed by atoms with Crippen LogP contribution < -0.4 is 5.73 Å². The van der Waals surface area contributed by atoms with Crippen molar-refractivity contribution in [3.8, 4) is 6.07 Å². The lowest BCUT2D eigenvalue weighted by atomic mass is 9.89. The summed E-state index contributed by atoms with van der Waals surface area (Å²) in [4.78, 5) is 11.0. The fourth-order valence-electron chi connectivity index (χ4n) is 1.26. The van der Waals surface area contributed by atoms with Crippen LogP contribution in [-0.2, 0) is 9.53 Å². The molecule has 0 fully saturated rings. The molecule has 0 aromatic carbocycles. The second kappa shape index (κ2) is 8.37. The van der Waals surface area contributed by atoms with Crippen LogP contribution in [0.15, 0.2) is 0 Å². The van der Waals surface area contributed by atoms with Gasteiger partial charge < -0.3 is 10.5 Å². The fourth-order valence-corrected chi connectivity index (χ4v) is 2.22. The molecule has 5 heteroatoms. The number of nitrogens with zero attached hydrogens (tertiary/aromatic N) is 1. The van der Waals surface area contributed by atoms with Gasteiger partial charge in [-0.25, -0.2) is 0 Å². The summed E-state index contributed by atoms with van der Waals surface area (Å²) in [5.41, 5.74) is 5.37. The predicted molar refractivity (Wildman–Crippen MR) is 70.6 cm³/mol. The van der Waals surface area contributed by atoms with Gasteiger partial charge in [-0.05, 0) is 32.4 Å². The number of hydrogen-bond acceptors (Lipinski definition) is 5. The van der Waals surface area contributed by atoms with E-state index in [-0.39, 0.29) is 11.4 Å². The highest BCUT2D eigenvalue weighted by Gasteiger charge is 2.16. The number of unbranched alkanes of at least 4 members (excludes halogenated alkanes) is 1. The molecule has 0 aliphatic rings. The fraction of sp³-hybridized carbons (Fsp3) is 0.833. The molecule has 0 bridgehead atoms. The zero-order chi connectivity index (χ0) is 13.3. The molecule has 98 valence electrons. The summed E-state index contributed by atoms with van der Waals surface area (Å²) in [6.45, 7) is 3.90. The van der Waals surface area contributed by atoms with Crippen molar-refractivity contribution >= 4 is 17.7 Å². The van der Waals surface area contributed by atoms with Crippen LogP contribution in [0.4, 0.5) is 0 Å². The first-order valence-corrected chi connectivity index (χ1v) is 6.91. The minimum absolute atomic E-state index is 0.229. The number of thioether (sulfide) groups is 1. The molecule has 0 heterocycles. The van der Waals surface area contributed by atoms with E-state index in [4.69, 9.17) is 11.0 Å². The van der Waals surface area contributed by atoms with Crippen LogP contribution in [0.2, 0.25) is 0 Å². The third-order valence-electron chi connectivity index (χ3n) is 2.44. The van der Waals surface area contributed by atoms with Crippen LogP contribution >= 0.6 is 11.8 Å². The molecule has 2 N–H and O–H groups in total. The quantitative estimate of drug-likeness (QED) is 0.532. The van der Waals surface area contributed by atoms with Crippen molar-refractivity contribution in [1.82, 2.24) is 0 Å². The zero-order valence-electron chi connectivity index (χ0n) is 10.9. The number of hydrogen-bond donors (Lipinski definition) is 1. The van der Waals surface area contributed by atoms with Gasteiger partial charge >= 0.3 is 5.97 Å². The monoisotopic (exact) mass is 258 g/mol. The van der Waals surface area contributed by atoms with Gasteiger partial charge in [-0.1, -0.05) is 6.42 Å². The van der Waals surface area contributed by atoms with Crippen molar-refractivity contribution in [2.24, 2.45) is 11.1 Å². The molecule has 17 heavy (non-hydrogen) atoms. The molecule has 0 rings (SSSR count). The van der Waals surface area contributed by atoms with E-state index < -0.39 is 6.04 Å². The summed E-state index contributed by atoms with van der Waals surface area (Å²) in [6.07, 6.45) is 2.98. The van der Waals surface area contributed by atoms with Crippen LogP contribution in [0.5, 0.6) is 0 Å². The van der Waals surface area contributed by atoms with Gasteiger partial charge in [0.25, 0.3) is 0 Å². The van der Waals surface area contributed by atoms with E-state index in [9.17, 15) is 4.79 Å². The molecule has 0 aromatic heterocycles. The maximum atomic E-state index is 11.0. The van der Waals surface area contributed by atoms with E-state index in [0.29, 0.717) is 5.75 Å². The molecule has 0 aliphatic carbocycles. The first-order chi connectivity index (χ1) is 7.93. The van der Waals surface area contributed by atoms with E-state index >= 15 is 0 Å². The average Bonchev–Trinajstić information content (AvgIpc) is 2.32. The van der Waals surface area contributed by atoms with E-state index in [2.05, 4.69) is 10.8 Å². The van der Waals surface area contributed by atoms with Crippen molar-refractivity contribution in [1.29, 1.82) is 5.26 Å². The highest BCUT2D eigenvalue weighted by Crippen LogP contribution is 2.22. The first kappa shape index (κ1) is 16.3. The smallest absolute Gasteiger partial charge is 0.323 e. The minimum Gasteiger partial charge on any atom is -0.468 e. The summed E-state index contributed by atoms with van der Waals surface area (Å²) in [7, 11) is 1.34. The van der Waals surface area contributed by atoms with E-state index in [1.54, 1.807) is 11.8 Å². The molecule has 1 unspecified atom stereocenters. The molecule has 0 aromatic rings. The standard InChI is InChI=1S/C12H22N2O2S/c1-12(2,9-13)6-4-5-7-17-8-10(14)11(15)16-3/h10H,4-8,14H2,1-3H3. The van der Waals surface area contributed by atoms with Crippen molar-refractivity contribution < 1.29 is 9.53 Å². The minimum atomic E-state index is -0.527. The highest BCUT2D eigenvalue weighted by molar-refractivity contribution is 7.99. The van der Waals surface area contributed by atoms with Gasteiger partial charge in [0, 0.05) is 5.75 Å². The average molecular weight is 258 g/mol. The van der Waals surface area contributed by atoms with Crippen molar-refractivity contribution in [3.05, 3.63) is 0 Å². The lowest BCUT2D eigenvalue weighted by Crippen LogP contribution is -2.33. The maximum absolute atomic E-state index is 11.0. The second-order valence-corrected chi connectivity index (χ2v) is 5.81. The summed E-state index contributed by atoms with van der Waals surface area (Å²) >= 11 is 1.65. The molecule has 4 nitrogen and oxygen atoms in total. The molecule has 0 aliphatic heterocycles. The predicted octanol–water partition coefficient (Wildman–Crippen LogP) is 1.94. The third kappa shape index (κ3) is 8.06. The van der Waals surface area contributed by atoms with Crippen molar-refractivity contribution in [2.45, 2.75) is 39.2 Å². The highest BCUT2D eigenvalue weighted by atomic mass is 32.2. The molecule has 0 amide bonds. The molecule has 1 atom stereocenters. The Morgan fingerprint density at radius 1 is 1.53 bits per heavy atom. The Morgan fingerprint density at radius 2 is 2.18 bits per heavy atom. The number of nitriles is 1. The van der Waals surface area contributed by atoms with Gasteiger partial charge in [0.05, 0.1) is 18.6 Å². The zero-order valence-corrected chi connectivity index (χ0v) is 11.7. The Bertz CT molecular complexity index is 274. The van der Waals surface area contributed by atoms with Crippen LogP contribution in [-0.4, -0.2) is 30.6 Å². The lowest BCUT2D eigenvalue weighted by Gasteiger charge is -2.14. The number of methoxy groups -OCH3 is 1. The van der Waals surface area contributed by atoms with Crippen molar-refractivity contribution in [2.75, 3.05) is 18.6 Å². The van der Waals surface area contributed by atoms with E-state index in [1.165, 1.54) is 7.11 Å². The third-order valence-corrected chi connectivity index (χ3v) is 3.62. The van der Waals surface area contributed by atoms with Gasteiger partial charge in [0.2, 0.25) is 0 Å². The Morgan fingerprint density at radius 3 is 2.71 bits per heavy atom. The number of nitrogens with two attached hydrogens (primary N) is 1. The SMILES string of the molecule is COC(=O)C(N)CSCCCCC(C)(C)C#N.